The van der Waals surface area contributed by atoms with E-state index >= 15 is 4.39 Å². The number of carboxylic acid groups (broad SMARTS) is 1. The number of piperazine rings is 1. The van der Waals surface area contributed by atoms with Gasteiger partial charge in [0.2, 0.25) is 5.43 Å². The van der Waals surface area contributed by atoms with Crippen molar-refractivity contribution >= 4 is 22.6 Å². The normalized spacial score (nSPS) is 18.5. The third-order valence-corrected chi connectivity index (χ3v) is 7.68. The summed E-state index contributed by atoms with van der Waals surface area (Å²) in [5.74, 6) is -1.59. The van der Waals surface area contributed by atoms with Gasteiger partial charge in [0.15, 0.2) is 11.6 Å². The standard InChI is InChI=1S/C19H22FN3O4.C10H24N2O2/c1-10-8-22(6-5-21-10)16-14(20)7-12-15(18(16)27-2)23(11-3-4-11)9-13(17(12)24)19(25)26;1-3-9(7-13)11-5-6-12-10(4-2)8-14/h7,9-11,21H,3-6,8H2,1-2H3,(H,25,26);9-14H,3-8H2,1-2H3/t;9-,10-/m.0/s1. The number of aromatic nitrogens is 1. The maximum absolute atomic E-state index is 15.1. The van der Waals surface area contributed by atoms with E-state index in [1.54, 1.807) is 4.57 Å². The summed E-state index contributed by atoms with van der Waals surface area (Å²) in [5, 5.41) is 37.0. The van der Waals surface area contributed by atoms with E-state index in [1.807, 2.05) is 25.7 Å². The molecule has 0 amide bonds. The van der Waals surface area contributed by atoms with Gasteiger partial charge in [-0.05, 0) is 38.7 Å². The molecule has 0 radical (unpaired) electrons. The number of rotatable bonds is 13. The fourth-order valence-electron chi connectivity index (χ4n) is 5.09. The van der Waals surface area contributed by atoms with Gasteiger partial charge in [0.05, 0.1) is 31.2 Å². The van der Waals surface area contributed by atoms with Gasteiger partial charge >= 0.3 is 5.97 Å². The molecule has 3 atom stereocenters. The van der Waals surface area contributed by atoms with Gasteiger partial charge in [-0.1, -0.05) is 13.8 Å². The maximum Gasteiger partial charge on any atom is 0.341 e. The maximum atomic E-state index is 15.1. The molecule has 4 rings (SSSR count). The zero-order valence-electron chi connectivity index (χ0n) is 24.6. The Morgan fingerprint density at radius 3 is 2.24 bits per heavy atom. The Morgan fingerprint density at radius 1 is 1.17 bits per heavy atom. The van der Waals surface area contributed by atoms with Gasteiger partial charge in [0.1, 0.15) is 11.3 Å². The molecular weight excluding hydrogens is 533 g/mol. The fourth-order valence-corrected chi connectivity index (χ4v) is 5.09. The summed E-state index contributed by atoms with van der Waals surface area (Å²) >= 11 is 0. The third kappa shape index (κ3) is 8.16. The molecule has 0 bridgehead atoms. The molecule has 1 unspecified atom stereocenters. The predicted molar refractivity (Wildman–Crippen MR) is 158 cm³/mol. The molecule has 41 heavy (non-hydrogen) atoms. The quantitative estimate of drug-likeness (QED) is 0.194. The van der Waals surface area contributed by atoms with Crippen molar-refractivity contribution in [3.63, 3.8) is 0 Å². The smallest absolute Gasteiger partial charge is 0.341 e. The minimum atomic E-state index is -1.31. The first-order valence-corrected chi connectivity index (χ1v) is 14.6. The average Bonchev–Trinajstić information content (AvgIpc) is 3.81. The van der Waals surface area contributed by atoms with Gasteiger partial charge in [-0.3, -0.25) is 4.79 Å². The highest BCUT2D eigenvalue weighted by Gasteiger charge is 2.32. The first kappa shape index (κ1) is 32.7. The molecule has 11 nitrogen and oxygen atoms in total. The summed E-state index contributed by atoms with van der Waals surface area (Å²) in [4.78, 5) is 26.1. The van der Waals surface area contributed by atoms with Gasteiger partial charge in [-0.2, -0.15) is 0 Å². The van der Waals surface area contributed by atoms with Crippen LogP contribution in [-0.4, -0.2) is 97.0 Å². The number of carboxylic acids is 1. The number of carbonyl (C=O) groups is 1. The Balaban J connectivity index is 0.000000282. The number of halogens is 1. The highest BCUT2D eigenvalue weighted by atomic mass is 19.1. The van der Waals surface area contributed by atoms with Crippen molar-refractivity contribution in [2.75, 3.05) is 57.9 Å². The Labute approximate surface area is 240 Å². The summed E-state index contributed by atoms with van der Waals surface area (Å²) < 4.78 is 22.5. The monoisotopic (exact) mass is 579 g/mol. The number of ether oxygens (including phenoxy) is 1. The lowest BCUT2D eigenvalue weighted by Gasteiger charge is -2.35. The Bertz CT molecular complexity index is 1200. The van der Waals surface area contributed by atoms with Gasteiger partial charge in [-0.15, -0.1) is 0 Å². The number of hydrogen-bond acceptors (Lipinski definition) is 9. The first-order chi connectivity index (χ1) is 19.7. The number of benzene rings is 1. The second-order valence-corrected chi connectivity index (χ2v) is 10.7. The SMILES string of the molecule is CC[C@@H](CO)NCCN[C@@H](CC)CO.COc1c(N2CCNC(C)C2)c(F)cc2c(=O)c(C(=O)O)cn(C3CC3)c12. The van der Waals surface area contributed by atoms with Crippen molar-refractivity contribution < 1.29 is 29.2 Å². The molecule has 2 heterocycles. The van der Waals surface area contributed by atoms with Crippen LogP contribution in [0, 0.1) is 5.82 Å². The molecule has 0 spiro atoms. The van der Waals surface area contributed by atoms with E-state index in [1.165, 1.54) is 13.3 Å². The molecule has 1 saturated heterocycles. The molecule has 6 N–H and O–H groups in total. The molecule has 2 fully saturated rings. The van der Waals surface area contributed by atoms with E-state index in [4.69, 9.17) is 14.9 Å². The van der Waals surface area contributed by atoms with Gasteiger partial charge in [0.25, 0.3) is 0 Å². The van der Waals surface area contributed by atoms with Crippen molar-refractivity contribution in [1.29, 1.82) is 0 Å². The van der Waals surface area contributed by atoms with Crippen molar-refractivity contribution in [1.82, 2.24) is 20.5 Å². The summed E-state index contributed by atoms with van der Waals surface area (Å²) in [6.45, 7) is 10.1. The summed E-state index contributed by atoms with van der Waals surface area (Å²) in [7, 11) is 1.45. The lowest BCUT2D eigenvalue weighted by Crippen LogP contribution is -2.49. The molecule has 1 aromatic heterocycles. The first-order valence-electron chi connectivity index (χ1n) is 14.6. The topological polar surface area (TPSA) is 148 Å². The molecular formula is C29H46FN5O6. The number of fused-ring (bicyclic) bond motifs is 1. The Morgan fingerprint density at radius 2 is 1.78 bits per heavy atom. The third-order valence-electron chi connectivity index (χ3n) is 7.68. The Hall–Kier alpha value is -2.77. The average molecular weight is 580 g/mol. The summed E-state index contributed by atoms with van der Waals surface area (Å²) in [6, 6.07) is 1.85. The second-order valence-electron chi connectivity index (χ2n) is 10.7. The lowest BCUT2D eigenvalue weighted by atomic mass is 10.1. The molecule has 1 aliphatic heterocycles. The number of aliphatic hydroxyl groups excluding tert-OH is 2. The number of methoxy groups -OCH3 is 1. The van der Waals surface area contributed by atoms with E-state index in [2.05, 4.69) is 16.0 Å². The van der Waals surface area contributed by atoms with Crippen LogP contribution in [0.4, 0.5) is 10.1 Å². The fraction of sp³-hybridized carbons (Fsp3) is 0.655. The van der Waals surface area contributed by atoms with Crippen molar-refractivity contribution in [3.8, 4) is 5.75 Å². The minimum Gasteiger partial charge on any atom is -0.492 e. The number of pyridine rings is 1. The van der Waals surface area contributed by atoms with Crippen molar-refractivity contribution in [2.24, 2.45) is 0 Å². The summed E-state index contributed by atoms with van der Waals surface area (Å²) in [5.41, 5.74) is -0.237. The molecule has 1 aromatic carbocycles. The summed E-state index contributed by atoms with van der Waals surface area (Å²) in [6.07, 6.45) is 5.02. The van der Waals surface area contributed by atoms with Crippen LogP contribution in [-0.2, 0) is 0 Å². The number of nitrogens with one attached hydrogen (secondary N) is 3. The predicted octanol–water partition coefficient (Wildman–Crippen LogP) is 1.69. The largest absolute Gasteiger partial charge is 0.492 e. The number of anilines is 1. The van der Waals surface area contributed by atoms with Crippen LogP contribution in [0.15, 0.2) is 17.1 Å². The van der Waals surface area contributed by atoms with Gasteiger partial charge in [-0.25, -0.2) is 9.18 Å². The van der Waals surface area contributed by atoms with E-state index in [9.17, 15) is 14.7 Å². The van der Waals surface area contributed by atoms with Gasteiger partial charge < -0.3 is 45.5 Å². The van der Waals surface area contributed by atoms with E-state index < -0.39 is 17.2 Å². The van der Waals surface area contributed by atoms with Crippen LogP contribution >= 0.6 is 0 Å². The van der Waals surface area contributed by atoms with E-state index in [0.29, 0.717) is 30.0 Å². The number of aromatic carboxylic acids is 1. The molecule has 1 saturated carbocycles. The second kappa shape index (κ2) is 15.5. The highest BCUT2D eigenvalue weighted by molar-refractivity contribution is 5.97. The number of aliphatic hydroxyl groups is 2. The van der Waals surface area contributed by atoms with E-state index in [0.717, 1.165) is 51.4 Å². The van der Waals surface area contributed by atoms with Crippen molar-refractivity contribution in [2.45, 2.75) is 70.6 Å². The zero-order valence-corrected chi connectivity index (χ0v) is 24.6. The van der Waals surface area contributed by atoms with Crippen LogP contribution in [0.2, 0.25) is 0 Å². The van der Waals surface area contributed by atoms with E-state index in [-0.39, 0.29) is 48.3 Å². The Kier molecular flexibility index (Phi) is 12.3. The molecule has 1 aliphatic carbocycles. The molecule has 230 valence electrons. The van der Waals surface area contributed by atoms with Crippen molar-refractivity contribution in [3.05, 3.63) is 33.9 Å². The minimum absolute atomic E-state index is 0.0445. The molecule has 2 aromatic rings. The zero-order chi connectivity index (χ0) is 30.1. The van der Waals surface area contributed by atoms with Crippen LogP contribution in [0.1, 0.15) is 62.9 Å². The molecule has 12 heteroatoms. The molecule has 2 aliphatic rings. The van der Waals surface area contributed by atoms with Crippen LogP contribution < -0.4 is 31.0 Å². The highest BCUT2D eigenvalue weighted by Crippen LogP contribution is 2.43. The number of hydrogen-bond donors (Lipinski definition) is 6. The van der Waals surface area contributed by atoms with Crippen LogP contribution in [0.5, 0.6) is 5.75 Å². The van der Waals surface area contributed by atoms with Gasteiger partial charge in [0, 0.05) is 63.1 Å². The van der Waals surface area contributed by atoms with Crippen LogP contribution in [0.3, 0.4) is 0 Å². The lowest BCUT2D eigenvalue weighted by molar-refractivity contribution is 0.0694. The number of nitrogens with zero attached hydrogens (tertiary/aromatic N) is 2. The van der Waals surface area contributed by atoms with Crippen LogP contribution in [0.25, 0.3) is 10.9 Å².